The van der Waals surface area contributed by atoms with Crippen LogP contribution in [0.2, 0.25) is 5.02 Å². The van der Waals surface area contributed by atoms with Crippen LogP contribution in [0, 0.1) is 6.92 Å². The van der Waals surface area contributed by atoms with Crippen molar-refractivity contribution in [1.29, 1.82) is 0 Å². The Bertz CT molecular complexity index is 537. The van der Waals surface area contributed by atoms with Gasteiger partial charge in [-0.25, -0.2) is 0 Å². The highest BCUT2D eigenvalue weighted by atomic mass is 35.5. The molecule has 0 radical (unpaired) electrons. The summed E-state index contributed by atoms with van der Waals surface area (Å²) in [6.45, 7) is 2.06. The van der Waals surface area contributed by atoms with Crippen molar-refractivity contribution in [2.24, 2.45) is 0 Å². The van der Waals surface area contributed by atoms with Gasteiger partial charge in [-0.3, -0.25) is 0 Å². The number of nitrogens with zero attached hydrogens (tertiary/aromatic N) is 1. The molecule has 0 fully saturated rings. The molecular formula is C14H15ClN2. The van der Waals surface area contributed by atoms with Gasteiger partial charge >= 0.3 is 0 Å². The molecule has 0 bridgehead atoms. The number of anilines is 3. The van der Waals surface area contributed by atoms with E-state index in [0.29, 0.717) is 0 Å². The molecule has 0 unspecified atom stereocenters. The Morgan fingerprint density at radius 3 is 2.59 bits per heavy atom. The molecule has 0 aliphatic rings. The molecule has 2 rings (SSSR count). The quantitative estimate of drug-likeness (QED) is 0.812. The van der Waals surface area contributed by atoms with E-state index in [1.165, 1.54) is 5.56 Å². The van der Waals surface area contributed by atoms with Crippen molar-refractivity contribution in [2.45, 2.75) is 6.92 Å². The lowest BCUT2D eigenvalue weighted by Gasteiger charge is -2.22. The van der Waals surface area contributed by atoms with E-state index in [1.807, 2.05) is 49.5 Å². The van der Waals surface area contributed by atoms with E-state index >= 15 is 0 Å². The Kier molecular flexibility index (Phi) is 3.25. The van der Waals surface area contributed by atoms with Crippen LogP contribution < -0.4 is 10.6 Å². The Morgan fingerprint density at radius 2 is 1.88 bits per heavy atom. The Hall–Kier alpha value is -1.67. The maximum atomic E-state index is 6.03. The van der Waals surface area contributed by atoms with E-state index in [-0.39, 0.29) is 0 Å². The van der Waals surface area contributed by atoms with E-state index < -0.39 is 0 Å². The average Bonchev–Trinajstić information content (AvgIpc) is 2.31. The van der Waals surface area contributed by atoms with Crippen molar-refractivity contribution >= 4 is 28.7 Å². The van der Waals surface area contributed by atoms with E-state index in [1.54, 1.807) is 0 Å². The van der Waals surface area contributed by atoms with Gasteiger partial charge in [-0.15, -0.1) is 0 Å². The highest BCUT2D eigenvalue weighted by Crippen LogP contribution is 2.29. The SMILES string of the molecule is Cc1ccc(Cl)cc1N(C)c1cccc(N)c1. The highest BCUT2D eigenvalue weighted by Gasteiger charge is 2.07. The smallest absolute Gasteiger partial charge is 0.0452 e. The maximum Gasteiger partial charge on any atom is 0.0452 e. The molecule has 2 N–H and O–H groups in total. The first kappa shape index (κ1) is 11.8. The third-order valence-corrected chi connectivity index (χ3v) is 3.03. The molecule has 0 saturated carbocycles. The number of nitrogens with two attached hydrogens (primary N) is 1. The van der Waals surface area contributed by atoms with Crippen LogP contribution in [0.3, 0.4) is 0 Å². The first-order valence-corrected chi connectivity index (χ1v) is 5.81. The predicted molar refractivity (Wildman–Crippen MR) is 75.1 cm³/mol. The minimum Gasteiger partial charge on any atom is -0.399 e. The van der Waals surface area contributed by atoms with Crippen LogP contribution in [-0.2, 0) is 0 Å². The maximum absolute atomic E-state index is 6.03. The van der Waals surface area contributed by atoms with Crippen LogP contribution in [-0.4, -0.2) is 7.05 Å². The number of nitrogen functional groups attached to an aromatic ring is 1. The predicted octanol–water partition coefficient (Wildman–Crippen LogP) is 4.00. The van der Waals surface area contributed by atoms with Crippen molar-refractivity contribution in [3.63, 3.8) is 0 Å². The first-order valence-electron chi connectivity index (χ1n) is 5.43. The second-order valence-electron chi connectivity index (χ2n) is 4.08. The molecule has 2 aromatic carbocycles. The standard InChI is InChI=1S/C14H15ClN2/c1-10-6-7-11(15)8-14(10)17(2)13-5-3-4-12(16)9-13/h3-9H,16H2,1-2H3. The zero-order chi connectivity index (χ0) is 12.4. The second kappa shape index (κ2) is 4.68. The van der Waals surface area contributed by atoms with Crippen LogP contribution in [0.5, 0.6) is 0 Å². The van der Waals surface area contributed by atoms with Gasteiger partial charge in [0, 0.05) is 29.1 Å². The number of benzene rings is 2. The molecule has 0 aromatic heterocycles. The molecule has 3 heteroatoms. The Balaban J connectivity index is 2.43. The van der Waals surface area contributed by atoms with Crippen LogP contribution in [0.15, 0.2) is 42.5 Å². The summed E-state index contributed by atoms with van der Waals surface area (Å²) in [6.07, 6.45) is 0. The van der Waals surface area contributed by atoms with Gasteiger partial charge < -0.3 is 10.6 Å². The number of aryl methyl sites for hydroxylation is 1. The van der Waals surface area contributed by atoms with Gasteiger partial charge in [-0.05, 0) is 42.8 Å². The van der Waals surface area contributed by atoms with Gasteiger partial charge in [-0.1, -0.05) is 23.7 Å². The molecule has 0 atom stereocenters. The molecule has 0 saturated heterocycles. The van der Waals surface area contributed by atoms with Crippen LogP contribution in [0.1, 0.15) is 5.56 Å². The lowest BCUT2D eigenvalue weighted by molar-refractivity contribution is 1.19. The Labute approximate surface area is 107 Å². The summed E-state index contributed by atoms with van der Waals surface area (Å²) >= 11 is 6.03. The van der Waals surface area contributed by atoms with Crippen molar-refractivity contribution in [3.05, 3.63) is 53.1 Å². The molecular weight excluding hydrogens is 232 g/mol. The van der Waals surface area contributed by atoms with Crippen molar-refractivity contribution in [2.75, 3.05) is 17.7 Å². The lowest BCUT2D eigenvalue weighted by Crippen LogP contribution is -2.11. The third-order valence-electron chi connectivity index (χ3n) is 2.79. The number of hydrogen-bond acceptors (Lipinski definition) is 2. The molecule has 88 valence electrons. The van der Waals surface area contributed by atoms with Crippen molar-refractivity contribution in [1.82, 2.24) is 0 Å². The van der Waals surface area contributed by atoms with Gasteiger partial charge in [0.05, 0.1) is 0 Å². The van der Waals surface area contributed by atoms with E-state index in [9.17, 15) is 0 Å². The monoisotopic (exact) mass is 246 g/mol. The summed E-state index contributed by atoms with van der Waals surface area (Å²) in [5.41, 5.74) is 9.87. The highest BCUT2D eigenvalue weighted by molar-refractivity contribution is 6.30. The van der Waals surface area contributed by atoms with Crippen molar-refractivity contribution in [3.8, 4) is 0 Å². The minimum atomic E-state index is 0.737. The topological polar surface area (TPSA) is 29.3 Å². The van der Waals surface area contributed by atoms with E-state index in [4.69, 9.17) is 17.3 Å². The normalized spacial score (nSPS) is 10.3. The molecule has 0 spiro atoms. The largest absolute Gasteiger partial charge is 0.399 e. The van der Waals surface area contributed by atoms with E-state index in [2.05, 4.69) is 11.8 Å². The van der Waals surface area contributed by atoms with Gasteiger partial charge in [-0.2, -0.15) is 0 Å². The molecule has 0 aliphatic carbocycles. The number of hydrogen-bond donors (Lipinski definition) is 1. The molecule has 2 nitrogen and oxygen atoms in total. The molecule has 0 amide bonds. The zero-order valence-electron chi connectivity index (χ0n) is 9.94. The molecule has 0 aliphatic heterocycles. The van der Waals surface area contributed by atoms with Crippen LogP contribution in [0.4, 0.5) is 17.1 Å². The fourth-order valence-electron chi connectivity index (χ4n) is 1.82. The summed E-state index contributed by atoms with van der Waals surface area (Å²) < 4.78 is 0. The molecule has 2 aromatic rings. The summed E-state index contributed by atoms with van der Waals surface area (Å²) in [5.74, 6) is 0. The molecule has 17 heavy (non-hydrogen) atoms. The third kappa shape index (κ3) is 2.53. The Morgan fingerprint density at radius 1 is 1.12 bits per heavy atom. The van der Waals surface area contributed by atoms with Gasteiger partial charge in [0.15, 0.2) is 0 Å². The number of halogens is 1. The lowest BCUT2D eigenvalue weighted by atomic mass is 10.1. The van der Waals surface area contributed by atoms with Crippen LogP contribution in [0.25, 0.3) is 0 Å². The van der Waals surface area contributed by atoms with E-state index in [0.717, 1.165) is 22.1 Å². The summed E-state index contributed by atoms with van der Waals surface area (Å²) in [4.78, 5) is 2.08. The van der Waals surface area contributed by atoms with Gasteiger partial charge in [0.25, 0.3) is 0 Å². The minimum absolute atomic E-state index is 0.737. The summed E-state index contributed by atoms with van der Waals surface area (Å²) in [5, 5.41) is 0.737. The zero-order valence-corrected chi connectivity index (χ0v) is 10.7. The molecule has 0 heterocycles. The fourth-order valence-corrected chi connectivity index (χ4v) is 1.98. The van der Waals surface area contributed by atoms with Gasteiger partial charge in [0.2, 0.25) is 0 Å². The fraction of sp³-hybridized carbons (Fsp3) is 0.143. The van der Waals surface area contributed by atoms with Crippen molar-refractivity contribution < 1.29 is 0 Å². The summed E-state index contributed by atoms with van der Waals surface area (Å²) in [6, 6.07) is 13.7. The average molecular weight is 247 g/mol. The second-order valence-corrected chi connectivity index (χ2v) is 4.52. The first-order chi connectivity index (χ1) is 8.08. The summed E-state index contributed by atoms with van der Waals surface area (Å²) in [7, 11) is 2.01. The van der Waals surface area contributed by atoms with Crippen LogP contribution >= 0.6 is 11.6 Å². The van der Waals surface area contributed by atoms with Gasteiger partial charge in [0.1, 0.15) is 0 Å². The number of rotatable bonds is 2.